The smallest absolute Gasteiger partial charge is 0.0464 e. The molecule has 21 heavy (non-hydrogen) atoms. The summed E-state index contributed by atoms with van der Waals surface area (Å²) in [6.07, 6.45) is 14.6. The summed E-state index contributed by atoms with van der Waals surface area (Å²) in [5, 5.41) is 9.80. The molecule has 0 aromatic heterocycles. The van der Waals surface area contributed by atoms with Gasteiger partial charge in [0.15, 0.2) is 0 Å². The highest BCUT2D eigenvalue weighted by Gasteiger charge is 2.59. The molecule has 0 bridgehead atoms. The summed E-state index contributed by atoms with van der Waals surface area (Å²) in [6, 6.07) is 0. The number of aliphatic hydroxyl groups is 1. The van der Waals surface area contributed by atoms with Gasteiger partial charge in [-0.05, 0) is 91.8 Å². The van der Waals surface area contributed by atoms with Crippen LogP contribution < -0.4 is 0 Å². The topological polar surface area (TPSA) is 20.2 Å². The van der Waals surface area contributed by atoms with Crippen LogP contribution in [0, 0.1) is 40.4 Å². The van der Waals surface area contributed by atoms with Crippen molar-refractivity contribution in [3.63, 3.8) is 0 Å². The van der Waals surface area contributed by atoms with Crippen molar-refractivity contribution < 1.29 is 5.11 Å². The number of rotatable bonds is 1. The van der Waals surface area contributed by atoms with Crippen molar-refractivity contribution >= 4 is 0 Å². The largest absolute Gasteiger partial charge is 0.396 e. The maximum absolute atomic E-state index is 9.80. The van der Waals surface area contributed by atoms with Crippen molar-refractivity contribution in [3.8, 4) is 0 Å². The van der Waals surface area contributed by atoms with Crippen molar-refractivity contribution in [2.24, 2.45) is 40.4 Å². The van der Waals surface area contributed by atoms with E-state index in [4.69, 9.17) is 0 Å². The standard InChI is InChI=1S/C20H34O/c1-19-11-4-3-5-14(19)6-8-16-17-9-7-15(13-21)20(17,2)12-10-18(16)19/h14-18,21H,3-13H2,1-2H3/t14?,15-,16?,17?,18?,19+,20-/m1/s1. The Morgan fingerprint density at radius 3 is 2.43 bits per heavy atom. The van der Waals surface area contributed by atoms with Crippen LogP contribution in [0.25, 0.3) is 0 Å². The summed E-state index contributed by atoms with van der Waals surface area (Å²) in [4.78, 5) is 0. The fourth-order valence-corrected chi connectivity index (χ4v) is 7.70. The molecule has 0 amide bonds. The van der Waals surface area contributed by atoms with Gasteiger partial charge in [0.05, 0.1) is 0 Å². The predicted octanol–water partition coefficient (Wildman–Crippen LogP) is 5.03. The molecule has 0 aromatic carbocycles. The summed E-state index contributed by atoms with van der Waals surface area (Å²) < 4.78 is 0. The zero-order valence-electron chi connectivity index (χ0n) is 14.1. The molecule has 0 saturated heterocycles. The molecule has 4 aliphatic carbocycles. The molecule has 0 heterocycles. The van der Waals surface area contributed by atoms with Crippen LogP contribution in [-0.2, 0) is 0 Å². The minimum atomic E-state index is 0.435. The van der Waals surface area contributed by atoms with Gasteiger partial charge in [-0.3, -0.25) is 0 Å². The maximum atomic E-state index is 9.80. The van der Waals surface area contributed by atoms with Gasteiger partial charge in [0.25, 0.3) is 0 Å². The molecule has 120 valence electrons. The second kappa shape index (κ2) is 4.98. The highest BCUT2D eigenvalue weighted by Crippen LogP contribution is 2.67. The van der Waals surface area contributed by atoms with Crippen LogP contribution in [0.15, 0.2) is 0 Å². The van der Waals surface area contributed by atoms with E-state index in [0.29, 0.717) is 23.4 Å². The fraction of sp³-hybridized carbons (Fsp3) is 1.00. The van der Waals surface area contributed by atoms with E-state index in [9.17, 15) is 5.11 Å². The summed E-state index contributed by atoms with van der Waals surface area (Å²) in [5.74, 6) is 4.55. The van der Waals surface area contributed by atoms with Gasteiger partial charge >= 0.3 is 0 Å². The Bertz CT molecular complexity index is 405. The van der Waals surface area contributed by atoms with Gasteiger partial charge in [0.2, 0.25) is 0 Å². The van der Waals surface area contributed by atoms with Crippen LogP contribution in [0.3, 0.4) is 0 Å². The molecule has 4 rings (SSSR count). The highest BCUT2D eigenvalue weighted by molar-refractivity contribution is 5.08. The lowest BCUT2D eigenvalue weighted by molar-refractivity contribution is -0.113. The van der Waals surface area contributed by atoms with Gasteiger partial charge < -0.3 is 5.11 Å². The minimum Gasteiger partial charge on any atom is -0.396 e. The minimum absolute atomic E-state index is 0.435. The molecule has 0 aliphatic heterocycles. The first-order valence-electron chi connectivity index (χ1n) is 9.70. The van der Waals surface area contributed by atoms with Gasteiger partial charge in [-0.1, -0.05) is 26.7 Å². The number of fused-ring (bicyclic) bond motifs is 5. The first-order chi connectivity index (χ1) is 10.1. The third-order valence-electron chi connectivity index (χ3n) is 9.00. The third-order valence-corrected chi connectivity index (χ3v) is 9.00. The van der Waals surface area contributed by atoms with Gasteiger partial charge in [-0.2, -0.15) is 0 Å². The zero-order valence-corrected chi connectivity index (χ0v) is 14.1. The van der Waals surface area contributed by atoms with Crippen LogP contribution >= 0.6 is 0 Å². The molecule has 1 heteroatoms. The van der Waals surface area contributed by atoms with Crippen molar-refractivity contribution in [2.75, 3.05) is 6.61 Å². The van der Waals surface area contributed by atoms with Crippen LogP contribution in [0.2, 0.25) is 0 Å². The Kier molecular flexibility index (Phi) is 3.45. The predicted molar refractivity (Wildman–Crippen MR) is 86.9 cm³/mol. The Balaban J connectivity index is 1.62. The van der Waals surface area contributed by atoms with Crippen LogP contribution in [0.5, 0.6) is 0 Å². The molecule has 1 N–H and O–H groups in total. The van der Waals surface area contributed by atoms with Crippen LogP contribution in [0.1, 0.15) is 78.1 Å². The average Bonchev–Trinajstić information content (AvgIpc) is 2.83. The zero-order chi connectivity index (χ0) is 14.7. The Hall–Kier alpha value is -0.0400. The van der Waals surface area contributed by atoms with E-state index in [2.05, 4.69) is 13.8 Å². The SMILES string of the molecule is C[C@]12CCCCC1CCC1C2CC[C@@]2(C)C1CC[C@@H]2CO. The van der Waals surface area contributed by atoms with Crippen molar-refractivity contribution in [1.29, 1.82) is 0 Å². The van der Waals surface area contributed by atoms with Crippen LogP contribution in [-0.4, -0.2) is 11.7 Å². The number of aliphatic hydroxyl groups excluding tert-OH is 1. The molecule has 4 aliphatic rings. The molecule has 1 nitrogen and oxygen atoms in total. The fourth-order valence-electron chi connectivity index (χ4n) is 7.70. The second-order valence-corrected chi connectivity index (χ2v) is 9.40. The lowest BCUT2D eigenvalue weighted by atomic mass is 9.45. The normalized spacial score (nSPS) is 56.4. The van der Waals surface area contributed by atoms with E-state index in [1.807, 2.05) is 0 Å². The van der Waals surface area contributed by atoms with Crippen molar-refractivity contribution in [3.05, 3.63) is 0 Å². The van der Waals surface area contributed by atoms with E-state index >= 15 is 0 Å². The molecule has 7 atom stereocenters. The van der Waals surface area contributed by atoms with Gasteiger partial charge in [-0.25, -0.2) is 0 Å². The molecule has 4 fully saturated rings. The quantitative estimate of drug-likeness (QED) is 0.718. The first-order valence-corrected chi connectivity index (χ1v) is 9.70. The molecular weight excluding hydrogens is 256 g/mol. The second-order valence-electron chi connectivity index (χ2n) is 9.40. The Labute approximate surface area is 130 Å². The molecule has 4 unspecified atom stereocenters. The van der Waals surface area contributed by atoms with E-state index in [1.165, 1.54) is 64.2 Å². The molecule has 0 aromatic rings. The van der Waals surface area contributed by atoms with E-state index in [1.54, 1.807) is 0 Å². The van der Waals surface area contributed by atoms with Gasteiger partial charge in [0, 0.05) is 6.61 Å². The first kappa shape index (κ1) is 14.5. The van der Waals surface area contributed by atoms with Crippen molar-refractivity contribution in [2.45, 2.75) is 78.1 Å². The summed E-state index contributed by atoms with van der Waals surface area (Å²) in [6.45, 7) is 5.62. The Morgan fingerprint density at radius 2 is 1.62 bits per heavy atom. The number of hydrogen-bond acceptors (Lipinski definition) is 1. The lowest BCUT2D eigenvalue weighted by Crippen LogP contribution is -2.52. The average molecular weight is 290 g/mol. The van der Waals surface area contributed by atoms with E-state index in [-0.39, 0.29) is 0 Å². The Morgan fingerprint density at radius 1 is 0.810 bits per heavy atom. The van der Waals surface area contributed by atoms with Crippen LogP contribution in [0.4, 0.5) is 0 Å². The van der Waals surface area contributed by atoms with Crippen molar-refractivity contribution in [1.82, 2.24) is 0 Å². The molecule has 4 saturated carbocycles. The van der Waals surface area contributed by atoms with Gasteiger partial charge in [0.1, 0.15) is 0 Å². The molecule has 0 radical (unpaired) electrons. The summed E-state index contributed by atoms with van der Waals surface area (Å²) >= 11 is 0. The number of hydrogen-bond donors (Lipinski definition) is 1. The molecular formula is C20H34O. The highest BCUT2D eigenvalue weighted by atomic mass is 16.3. The molecule has 0 spiro atoms. The van der Waals surface area contributed by atoms with Gasteiger partial charge in [-0.15, -0.1) is 0 Å². The maximum Gasteiger partial charge on any atom is 0.0464 e. The summed E-state index contributed by atoms with van der Waals surface area (Å²) in [7, 11) is 0. The van der Waals surface area contributed by atoms with E-state index < -0.39 is 0 Å². The van der Waals surface area contributed by atoms with E-state index in [0.717, 1.165) is 23.7 Å². The third kappa shape index (κ3) is 1.92. The summed E-state index contributed by atoms with van der Waals surface area (Å²) in [5.41, 5.74) is 1.13. The monoisotopic (exact) mass is 290 g/mol. The lowest BCUT2D eigenvalue weighted by Gasteiger charge is -2.60.